The topological polar surface area (TPSA) is 39.2 Å². The highest BCUT2D eigenvalue weighted by Crippen LogP contribution is 2.28. The van der Waals surface area contributed by atoms with Crippen molar-refractivity contribution in [2.45, 2.75) is 13.5 Å². The first-order valence-corrected chi connectivity index (χ1v) is 7.77. The van der Waals surface area contributed by atoms with Crippen molar-refractivity contribution in [2.24, 2.45) is 0 Å². The normalized spacial score (nSPS) is 10.4. The first-order chi connectivity index (χ1) is 10.8. The summed E-state index contributed by atoms with van der Waals surface area (Å²) in [4.78, 5) is 16.5. The van der Waals surface area contributed by atoms with Crippen molar-refractivity contribution < 1.29 is 9.53 Å². The molecule has 1 aromatic heterocycles. The lowest BCUT2D eigenvalue weighted by Crippen LogP contribution is -1.95. The van der Waals surface area contributed by atoms with E-state index in [0.717, 1.165) is 27.4 Å². The van der Waals surface area contributed by atoms with E-state index < -0.39 is 0 Å². The summed E-state index contributed by atoms with van der Waals surface area (Å²) in [6, 6.07) is 17.3. The van der Waals surface area contributed by atoms with Gasteiger partial charge >= 0.3 is 0 Å². The van der Waals surface area contributed by atoms with Crippen molar-refractivity contribution in [3.05, 3.63) is 70.7 Å². The Morgan fingerprint density at radius 1 is 1.14 bits per heavy atom. The maximum absolute atomic E-state index is 10.8. The molecule has 0 aliphatic rings. The molecule has 0 atom stereocenters. The number of carbonyl (C=O) groups excluding carboxylic acids is 1. The fraction of sp³-hybridized carbons (Fsp3) is 0.111. The summed E-state index contributed by atoms with van der Waals surface area (Å²) in [7, 11) is 0. The lowest BCUT2D eigenvalue weighted by Gasteiger charge is -2.05. The van der Waals surface area contributed by atoms with E-state index >= 15 is 0 Å². The zero-order valence-corrected chi connectivity index (χ0v) is 13.0. The summed E-state index contributed by atoms with van der Waals surface area (Å²) in [5.41, 5.74) is 2.71. The molecule has 3 rings (SSSR count). The fourth-order valence-corrected chi connectivity index (χ4v) is 3.07. The Morgan fingerprint density at radius 2 is 1.95 bits per heavy atom. The highest BCUT2D eigenvalue weighted by Gasteiger charge is 2.10. The summed E-state index contributed by atoms with van der Waals surface area (Å²) in [5.74, 6) is 0.693. The van der Waals surface area contributed by atoms with Crippen molar-refractivity contribution in [2.75, 3.05) is 0 Å². The van der Waals surface area contributed by atoms with Crippen LogP contribution in [0.3, 0.4) is 0 Å². The average Bonchev–Trinajstić information content (AvgIpc) is 2.95. The fourth-order valence-electron chi connectivity index (χ4n) is 2.09. The van der Waals surface area contributed by atoms with Crippen LogP contribution in [-0.4, -0.2) is 11.3 Å². The Bertz CT molecular complexity index is 781. The standard InChI is InChI=1S/C18H15NO2S/c1-13-17(12-21-16-9-5-6-14(10-16)11-20)22-18(19-13)15-7-3-2-4-8-15/h2-11H,12H2,1H3. The Hall–Kier alpha value is -2.46. The summed E-state index contributed by atoms with van der Waals surface area (Å²) in [6.07, 6.45) is 0.818. The lowest BCUT2D eigenvalue weighted by molar-refractivity contribution is 0.112. The van der Waals surface area contributed by atoms with Crippen molar-refractivity contribution in [3.8, 4) is 16.3 Å². The Labute approximate surface area is 133 Å². The average molecular weight is 309 g/mol. The highest BCUT2D eigenvalue weighted by molar-refractivity contribution is 7.15. The van der Waals surface area contributed by atoms with Crippen LogP contribution in [-0.2, 0) is 6.61 Å². The molecule has 4 heteroatoms. The van der Waals surface area contributed by atoms with Crippen LogP contribution < -0.4 is 4.74 Å². The molecule has 0 unspecified atom stereocenters. The van der Waals surface area contributed by atoms with E-state index in [1.807, 2.05) is 37.3 Å². The third-order valence-corrected chi connectivity index (χ3v) is 4.46. The van der Waals surface area contributed by atoms with Crippen LogP contribution in [0.15, 0.2) is 54.6 Å². The van der Waals surface area contributed by atoms with Gasteiger partial charge in [-0.1, -0.05) is 42.5 Å². The van der Waals surface area contributed by atoms with Gasteiger partial charge in [-0.3, -0.25) is 4.79 Å². The van der Waals surface area contributed by atoms with Gasteiger partial charge in [0.05, 0.1) is 10.6 Å². The number of carbonyl (C=O) groups is 1. The second kappa shape index (κ2) is 6.54. The van der Waals surface area contributed by atoms with E-state index in [1.54, 1.807) is 23.5 Å². The van der Waals surface area contributed by atoms with E-state index in [9.17, 15) is 4.79 Å². The molecule has 0 saturated heterocycles. The van der Waals surface area contributed by atoms with Gasteiger partial charge in [0.1, 0.15) is 23.7 Å². The molecule has 110 valence electrons. The minimum absolute atomic E-state index is 0.457. The Balaban J connectivity index is 1.75. The van der Waals surface area contributed by atoms with E-state index in [-0.39, 0.29) is 0 Å². The van der Waals surface area contributed by atoms with Crippen molar-refractivity contribution in [3.63, 3.8) is 0 Å². The van der Waals surface area contributed by atoms with E-state index in [4.69, 9.17) is 4.74 Å². The molecule has 0 aliphatic carbocycles. The van der Waals surface area contributed by atoms with Crippen molar-refractivity contribution >= 4 is 17.6 Å². The molecular weight excluding hydrogens is 294 g/mol. The van der Waals surface area contributed by atoms with Gasteiger partial charge in [-0.25, -0.2) is 4.98 Å². The maximum atomic E-state index is 10.8. The summed E-state index contributed by atoms with van der Waals surface area (Å²) < 4.78 is 5.78. The zero-order chi connectivity index (χ0) is 15.4. The molecule has 0 amide bonds. The predicted molar refractivity (Wildman–Crippen MR) is 88.4 cm³/mol. The number of aryl methyl sites for hydroxylation is 1. The lowest BCUT2D eigenvalue weighted by atomic mass is 10.2. The number of ether oxygens (including phenoxy) is 1. The van der Waals surface area contributed by atoms with Crippen molar-refractivity contribution in [1.29, 1.82) is 0 Å². The van der Waals surface area contributed by atoms with Crippen LogP contribution in [0.5, 0.6) is 5.75 Å². The molecule has 0 radical (unpaired) electrons. The molecule has 3 aromatic rings. The molecule has 3 nitrogen and oxygen atoms in total. The van der Waals surface area contributed by atoms with Crippen LogP contribution in [0.1, 0.15) is 20.9 Å². The second-order valence-electron chi connectivity index (χ2n) is 4.87. The maximum Gasteiger partial charge on any atom is 0.150 e. The van der Waals surface area contributed by atoms with Gasteiger partial charge in [-0.2, -0.15) is 0 Å². The van der Waals surface area contributed by atoms with Crippen LogP contribution in [0.4, 0.5) is 0 Å². The highest BCUT2D eigenvalue weighted by atomic mass is 32.1. The largest absolute Gasteiger partial charge is 0.488 e. The molecule has 0 spiro atoms. The monoisotopic (exact) mass is 309 g/mol. The molecule has 0 N–H and O–H groups in total. The second-order valence-corrected chi connectivity index (χ2v) is 5.96. The number of aromatic nitrogens is 1. The molecule has 1 heterocycles. The number of hydrogen-bond acceptors (Lipinski definition) is 4. The van der Waals surface area contributed by atoms with Crippen LogP contribution in [0, 0.1) is 6.92 Å². The molecule has 22 heavy (non-hydrogen) atoms. The van der Waals surface area contributed by atoms with Crippen LogP contribution in [0.2, 0.25) is 0 Å². The minimum atomic E-state index is 0.457. The van der Waals surface area contributed by atoms with Crippen molar-refractivity contribution in [1.82, 2.24) is 4.98 Å². The van der Waals surface area contributed by atoms with Gasteiger partial charge in [0.15, 0.2) is 0 Å². The van der Waals surface area contributed by atoms with Gasteiger partial charge in [0, 0.05) is 11.1 Å². The number of aldehydes is 1. The Kier molecular flexibility index (Phi) is 4.30. The number of hydrogen-bond donors (Lipinski definition) is 0. The first kappa shape index (κ1) is 14.5. The molecule has 0 fully saturated rings. The van der Waals surface area contributed by atoms with Gasteiger partial charge < -0.3 is 4.74 Å². The number of benzene rings is 2. The SMILES string of the molecule is Cc1nc(-c2ccccc2)sc1COc1cccc(C=O)c1. The molecule has 2 aromatic carbocycles. The number of thiazole rings is 1. The minimum Gasteiger partial charge on any atom is -0.488 e. The van der Waals surface area contributed by atoms with Gasteiger partial charge in [-0.15, -0.1) is 11.3 Å². The summed E-state index contributed by atoms with van der Waals surface area (Å²) in [5, 5.41) is 0.998. The quantitative estimate of drug-likeness (QED) is 0.651. The van der Waals surface area contributed by atoms with E-state index in [1.165, 1.54) is 0 Å². The zero-order valence-electron chi connectivity index (χ0n) is 12.2. The molecular formula is C18H15NO2S. The number of nitrogens with zero attached hydrogens (tertiary/aromatic N) is 1. The molecule has 0 aliphatic heterocycles. The third kappa shape index (κ3) is 3.23. The third-order valence-electron chi connectivity index (χ3n) is 3.28. The predicted octanol–water partition coefficient (Wildman–Crippen LogP) is 4.51. The van der Waals surface area contributed by atoms with Crippen LogP contribution in [0.25, 0.3) is 10.6 Å². The Morgan fingerprint density at radius 3 is 2.73 bits per heavy atom. The smallest absolute Gasteiger partial charge is 0.150 e. The first-order valence-electron chi connectivity index (χ1n) is 6.96. The van der Waals surface area contributed by atoms with Crippen LogP contribution >= 0.6 is 11.3 Å². The molecule has 0 bridgehead atoms. The summed E-state index contributed by atoms with van der Waals surface area (Å²) in [6.45, 7) is 2.45. The summed E-state index contributed by atoms with van der Waals surface area (Å²) >= 11 is 1.64. The molecule has 0 saturated carbocycles. The van der Waals surface area contributed by atoms with Gasteiger partial charge in [0.25, 0.3) is 0 Å². The van der Waals surface area contributed by atoms with Gasteiger partial charge in [-0.05, 0) is 19.1 Å². The van der Waals surface area contributed by atoms with E-state index in [0.29, 0.717) is 17.9 Å². The van der Waals surface area contributed by atoms with E-state index in [2.05, 4.69) is 17.1 Å². The number of rotatable bonds is 5. The van der Waals surface area contributed by atoms with Gasteiger partial charge in [0.2, 0.25) is 0 Å².